The monoisotopic (exact) mass is 469 g/mol. The first kappa shape index (κ1) is 31.1. The van der Waals surface area contributed by atoms with Crippen LogP contribution in [0.25, 0.3) is 0 Å². The van der Waals surface area contributed by atoms with Gasteiger partial charge in [-0.05, 0) is 6.42 Å². The molecule has 0 aromatic heterocycles. The summed E-state index contributed by atoms with van der Waals surface area (Å²) in [4.78, 5) is 35.6. The Hall–Kier alpha value is -1.89. The lowest BCUT2D eigenvalue weighted by Gasteiger charge is -2.21. The minimum Gasteiger partial charge on any atom is -0.478 e. The predicted octanol–water partition coefficient (Wildman–Crippen LogP) is 5.25. The Morgan fingerprint density at radius 3 is 1.67 bits per heavy atom. The standard InChI is InChI=1S/C26H47NO6/c1-2-3-4-5-6-7-8-9-10-11-12-13-14-15-16-17-24(29)27(20-22-28)21-23-33-26(32)19-18-25(30)31/h18-19,28H,2-17,20-23H2,1H3,(H,30,31). The first-order valence-electron chi connectivity index (χ1n) is 13.0. The largest absolute Gasteiger partial charge is 0.478 e. The molecule has 0 aromatic rings. The molecule has 0 rings (SSSR count). The third kappa shape index (κ3) is 21.7. The maximum Gasteiger partial charge on any atom is 0.331 e. The molecule has 0 spiro atoms. The van der Waals surface area contributed by atoms with Gasteiger partial charge < -0.3 is 19.8 Å². The molecule has 0 aromatic carbocycles. The summed E-state index contributed by atoms with van der Waals surface area (Å²) in [5.74, 6) is -2.06. The number of carbonyl (C=O) groups is 3. The molecule has 192 valence electrons. The average molecular weight is 470 g/mol. The summed E-state index contributed by atoms with van der Waals surface area (Å²) in [7, 11) is 0. The first-order valence-corrected chi connectivity index (χ1v) is 13.0. The molecular formula is C26H47NO6. The topological polar surface area (TPSA) is 104 Å². The Labute approximate surface area is 200 Å². The predicted molar refractivity (Wildman–Crippen MR) is 131 cm³/mol. The Bertz CT molecular complexity index is 535. The zero-order valence-corrected chi connectivity index (χ0v) is 20.8. The van der Waals surface area contributed by atoms with E-state index in [2.05, 4.69) is 6.92 Å². The number of carboxylic acid groups (broad SMARTS) is 1. The van der Waals surface area contributed by atoms with Crippen LogP contribution in [-0.4, -0.2) is 59.3 Å². The van der Waals surface area contributed by atoms with Crippen molar-refractivity contribution in [3.63, 3.8) is 0 Å². The van der Waals surface area contributed by atoms with Crippen molar-refractivity contribution in [1.82, 2.24) is 4.90 Å². The van der Waals surface area contributed by atoms with E-state index >= 15 is 0 Å². The van der Waals surface area contributed by atoms with Crippen LogP contribution in [0.3, 0.4) is 0 Å². The zero-order valence-electron chi connectivity index (χ0n) is 20.8. The molecule has 33 heavy (non-hydrogen) atoms. The van der Waals surface area contributed by atoms with Gasteiger partial charge in [0.2, 0.25) is 5.91 Å². The normalized spacial score (nSPS) is 11.1. The van der Waals surface area contributed by atoms with Crippen LogP contribution in [0.4, 0.5) is 0 Å². The van der Waals surface area contributed by atoms with Crippen molar-refractivity contribution >= 4 is 17.8 Å². The third-order valence-electron chi connectivity index (χ3n) is 5.68. The number of esters is 1. The molecular weight excluding hydrogens is 422 g/mol. The molecule has 0 bridgehead atoms. The van der Waals surface area contributed by atoms with E-state index in [1.165, 1.54) is 81.9 Å². The number of unbranched alkanes of at least 4 members (excludes halogenated alkanes) is 14. The van der Waals surface area contributed by atoms with Gasteiger partial charge in [0.1, 0.15) is 6.61 Å². The fourth-order valence-electron chi connectivity index (χ4n) is 3.73. The van der Waals surface area contributed by atoms with E-state index < -0.39 is 11.9 Å². The highest BCUT2D eigenvalue weighted by molar-refractivity contribution is 5.90. The quantitative estimate of drug-likeness (QED) is 0.120. The second-order valence-electron chi connectivity index (χ2n) is 8.64. The van der Waals surface area contributed by atoms with Crippen LogP contribution < -0.4 is 0 Å². The van der Waals surface area contributed by atoms with E-state index in [-0.39, 0.29) is 32.2 Å². The van der Waals surface area contributed by atoms with Crippen molar-refractivity contribution < 1.29 is 29.3 Å². The molecule has 0 radical (unpaired) electrons. The summed E-state index contributed by atoms with van der Waals surface area (Å²) in [6, 6.07) is 0. The van der Waals surface area contributed by atoms with Gasteiger partial charge in [-0.3, -0.25) is 4.79 Å². The summed E-state index contributed by atoms with van der Waals surface area (Å²) >= 11 is 0. The smallest absolute Gasteiger partial charge is 0.331 e. The Balaban J connectivity index is 3.67. The van der Waals surface area contributed by atoms with Crippen LogP contribution in [0, 0.1) is 0 Å². The number of aliphatic carboxylic acids is 1. The van der Waals surface area contributed by atoms with Gasteiger partial charge in [-0.2, -0.15) is 0 Å². The van der Waals surface area contributed by atoms with Crippen LogP contribution in [-0.2, 0) is 19.1 Å². The van der Waals surface area contributed by atoms with Gasteiger partial charge in [-0.15, -0.1) is 0 Å². The zero-order chi connectivity index (χ0) is 24.6. The number of hydrogen-bond acceptors (Lipinski definition) is 5. The van der Waals surface area contributed by atoms with Gasteiger partial charge in [0.25, 0.3) is 0 Å². The highest BCUT2D eigenvalue weighted by Crippen LogP contribution is 2.14. The summed E-state index contributed by atoms with van der Waals surface area (Å²) in [6.07, 6.45) is 21.0. The molecule has 7 heteroatoms. The lowest BCUT2D eigenvalue weighted by atomic mass is 10.0. The fourth-order valence-corrected chi connectivity index (χ4v) is 3.73. The Morgan fingerprint density at radius 1 is 0.727 bits per heavy atom. The number of amides is 1. The van der Waals surface area contributed by atoms with Crippen molar-refractivity contribution in [1.29, 1.82) is 0 Å². The summed E-state index contributed by atoms with van der Waals surface area (Å²) in [5, 5.41) is 17.6. The van der Waals surface area contributed by atoms with Crippen molar-refractivity contribution in [2.45, 2.75) is 110 Å². The van der Waals surface area contributed by atoms with Crippen LogP contribution in [0.2, 0.25) is 0 Å². The summed E-state index contributed by atoms with van der Waals surface area (Å²) < 4.78 is 4.89. The molecule has 0 unspecified atom stereocenters. The number of ether oxygens (including phenoxy) is 1. The van der Waals surface area contributed by atoms with E-state index in [0.717, 1.165) is 25.3 Å². The number of nitrogens with zero attached hydrogens (tertiary/aromatic N) is 1. The van der Waals surface area contributed by atoms with E-state index in [4.69, 9.17) is 14.9 Å². The second kappa shape index (κ2) is 23.3. The number of hydrogen-bond donors (Lipinski definition) is 2. The molecule has 0 saturated carbocycles. The minimum absolute atomic E-state index is 0.0343. The van der Waals surface area contributed by atoms with Crippen LogP contribution in [0.15, 0.2) is 12.2 Å². The lowest BCUT2D eigenvalue weighted by molar-refractivity contribution is -0.141. The minimum atomic E-state index is -1.23. The molecule has 0 atom stereocenters. The average Bonchev–Trinajstić information content (AvgIpc) is 2.79. The van der Waals surface area contributed by atoms with E-state index in [9.17, 15) is 14.4 Å². The van der Waals surface area contributed by atoms with Gasteiger partial charge in [-0.25, -0.2) is 9.59 Å². The van der Waals surface area contributed by atoms with Crippen LogP contribution in [0.1, 0.15) is 110 Å². The van der Waals surface area contributed by atoms with E-state index in [1.807, 2.05) is 0 Å². The fraction of sp³-hybridized carbons (Fsp3) is 0.808. The first-order chi connectivity index (χ1) is 16.0. The third-order valence-corrected chi connectivity index (χ3v) is 5.68. The second-order valence-corrected chi connectivity index (χ2v) is 8.64. The number of rotatable bonds is 23. The summed E-state index contributed by atoms with van der Waals surface area (Å²) in [5.41, 5.74) is 0. The molecule has 0 aliphatic carbocycles. The van der Waals surface area contributed by atoms with Gasteiger partial charge in [0, 0.05) is 25.1 Å². The van der Waals surface area contributed by atoms with Crippen molar-refractivity contribution in [2.24, 2.45) is 0 Å². The molecule has 0 fully saturated rings. The molecule has 0 heterocycles. The maximum absolute atomic E-state index is 12.3. The Morgan fingerprint density at radius 2 is 1.21 bits per heavy atom. The molecule has 0 saturated heterocycles. The SMILES string of the molecule is CCCCCCCCCCCCCCCCCC(=O)N(CCO)CCOC(=O)C=CC(=O)O. The van der Waals surface area contributed by atoms with Crippen molar-refractivity contribution in [3.8, 4) is 0 Å². The van der Waals surface area contributed by atoms with E-state index in [1.54, 1.807) is 0 Å². The highest BCUT2D eigenvalue weighted by Gasteiger charge is 2.13. The van der Waals surface area contributed by atoms with Gasteiger partial charge in [0.05, 0.1) is 13.2 Å². The number of aliphatic hydroxyl groups excluding tert-OH is 1. The molecule has 7 nitrogen and oxygen atoms in total. The Kier molecular flexibility index (Phi) is 21.9. The number of aliphatic hydroxyl groups is 1. The maximum atomic E-state index is 12.3. The van der Waals surface area contributed by atoms with Crippen molar-refractivity contribution in [3.05, 3.63) is 12.2 Å². The van der Waals surface area contributed by atoms with Gasteiger partial charge in [0.15, 0.2) is 0 Å². The van der Waals surface area contributed by atoms with Crippen molar-refractivity contribution in [2.75, 3.05) is 26.3 Å². The number of carboxylic acids is 1. The molecule has 0 aliphatic rings. The highest BCUT2D eigenvalue weighted by atomic mass is 16.5. The molecule has 2 N–H and O–H groups in total. The van der Waals surface area contributed by atoms with Gasteiger partial charge in [-0.1, -0.05) is 96.8 Å². The molecule has 0 aliphatic heterocycles. The van der Waals surface area contributed by atoms with E-state index in [0.29, 0.717) is 12.5 Å². The lowest BCUT2D eigenvalue weighted by Crippen LogP contribution is -2.36. The number of carbonyl (C=O) groups excluding carboxylic acids is 2. The summed E-state index contributed by atoms with van der Waals surface area (Å²) in [6.45, 7) is 2.44. The van der Waals surface area contributed by atoms with Gasteiger partial charge >= 0.3 is 11.9 Å². The van der Waals surface area contributed by atoms with Crippen LogP contribution >= 0.6 is 0 Å². The van der Waals surface area contributed by atoms with Crippen LogP contribution in [0.5, 0.6) is 0 Å². The molecule has 1 amide bonds.